The number of aliphatic carboxylic acids is 1. The third kappa shape index (κ3) is 3.29. The van der Waals surface area contributed by atoms with Gasteiger partial charge in [-0.1, -0.05) is 12.1 Å². The highest BCUT2D eigenvalue weighted by Gasteiger charge is 2.23. The van der Waals surface area contributed by atoms with Gasteiger partial charge in [-0.25, -0.2) is 0 Å². The van der Waals surface area contributed by atoms with Gasteiger partial charge in [0.1, 0.15) is 0 Å². The number of hydrogen-bond acceptors (Lipinski definition) is 5. The van der Waals surface area contributed by atoms with Gasteiger partial charge >= 0.3 is 5.97 Å². The Hall–Kier alpha value is -1.43. The first-order chi connectivity index (χ1) is 8.69. The Morgan fingerprint density at radius 2 is 2.22 bits per heavy atom. The van der Waals surface area contributed by atoms with Crippen molar-refractivity contribution in [3.8, 4) is 0 Å². The van der Waals surface area contributed by atoms with E-state index in [1.165, 1.54) is 0 Å². The smallest absolute Gasteiger partial charge is 0.303 e. The molecule has 0 unspecified atom stereocenters. The highest BCUT2D eigenvalue weighted by Crippen LogP contribution is 2.25. The van der Waals surface area contributed by atoms with Gasteiger partial charge in [-0.15, -0.1) is 0 Å². The van der Waals surface area contributed by atoms with E-state index in [1.54, 1.807) is 0 Å². The Kier molecular flexibility index (Phi) is 4.30. The number of carbonyl (C=O) groups is 1. The molecule has 2 rings (SSSR count). The van der Waals surface area contributed by atoms with Crippen LogP contribution in [0.3, 0.4) is 0 Å². The minimum absolute atomic E-state index is 0.0376. The van der Waals surface area contributed by atoms with Crippen LogP contribution in [0.1, 0.15) is 43.8 Å². The second kappa shape index (κ2) is 5.95. The molecule has 6 nitrogen and oxygen atoms in total. The van der Waals surface area contributed by atoms with Crippen molar-refractivity contribution in [3.63, 3.8) is 0 Å². The Bertz CT molecular complexity index is 397. The largest absolute Gasteiger partial charge is 0.481 e. The zero-order chi connectivity index (χ0) is 13.0. The lowest BCUT2D eigenvalue weighted by atomic mass is 9.96. The zero-order valence-electron chi connectivity index (χ0n) is 10.6. The van der Waals surface area contributed by atoms with Gasteiger partial charge in [-0.05, 0) is 32.5 Å². The normalized spacial score (nSPS) is 18.1. The van der Waals surface area contributed by atoms with E-state index in [9.17, 15) is 4.79 Å². The Morgan fingerprint density at radius 1 is 1.50 bits per heavy atom. The van der Waals surface area contributed by atoms with E-state index in [0.29, 0.717) is 18.2 Å². The summed E-state index contributed by atoms with van der Waals surface area (Å²) in [5.74, 6) is 0.692. The Morgan fingerprint density at radius 3 is 2.83 bits per heavy atom. The maximum absolute atomic E-state index is 10.5. The van der Waals surface area contributed by atoms with Gasteiger partial charge < -0.3 is 14.5 Å². The number of likely N-dealkylation sites (tertiary alicyclic amines) is 1. The lowest BCUT2D eigenvalue weighted by molar-refractivity contribution is -0.137. The predicted octanol–water partition coefficient (Wildman–Crippen LogP) is 1.29. The van der Waals surface area contributed by atoms with Crippen LogP contribution in [0.4, 0.5) is 0 Å². The van der Waals surface area contributed by atoms with E-state index in [2.05, 4.69) is 22.0 Å². The molecule has 1 saturated heterocycles. The minimum atomic E-state index is -0.842. The number of carboxylic acid groups (broad SMARTS) is 1. The first-order valence-corrected chi connectivity index (χ1v) is 6.45. The number of hydrogen-bond donors (Lipinski definition) is 1. The number of rotatable bonds is 5. The van der Waals surface area contributed by atoms with Crippen LogP contribution in [0.5, 0.6) is 0 Å². The lowest BCUT2D eigenvalue weighted by Crippen LogP contribution is -2.32. The minimum Gasteiger partial charge on any atom is -0.481 e. The first-order valence-electron chi connectivity index (χ1n) is 6.45. The van der Waals surface area contributed by atoms with Crippen LogP contribution in [0, 0.1) is 0 Å². The molecule has 0 spiro atoms. The highest BCUT2D eigenvalue weighted by molar-refractivity contribution is 5.66. The van der Waals surface area contributed by atoms with Crippen molar-refractivity contribution in [1.29, 1.82) is 0 Å². The first kappa shape index (κ1) is 13.0. The molecule has 18 heavy (non-hydrogen) atoms. The van der Waals surface area contributed by atoms with Gasteiger partial charge in [0.2, 0.25) is 5.89 Å². The third-order valence-electron chi connectivity index (χ3n) is 3.44. The second-order valence-electron chi connectivity index (χ2n) is 4.65. The van der Waals surface area contributed by atoms with Crippen LogP contribution in [0.25, 0.3) is 0 Å². The average Bonchev–Trinajstić information content (AvgIpc) is 2.85. The van der Waals surface area contributed by atoms with Gasteiger partial charge in [0.05, 0.1) is 6.42 Å². The predicted molar refractivity (Wildman–Crippen MR) is 64.3 cm³/mol. The summed E-state index contributed by atoms with van der Waals surface area (Å²) < 4.78 is 5.08. The lowest BCUT2D eigenvalue weighted by Gasteiger charge is -2.29. The van der Waals surface area contributed by atoms with Crippen molar-refractivity contribution in [1.82, 2.24) is 15.0 Å². The summed E-state index contributed by atoms with van der Waals surface area (Å²) in [4.78, 5) is 17.2. The van der Waals surface area contributed by atoms with Crippen molar-refractivity contribution in [2.24, 2.45) is 0 Å². The fourth-order valence-corrected chi connectivity index (χ4v) is 2.26. The molecule has 1 aromatic heterocycles. The molecule has 1 aliphatic rings. The summed E-state index contributed by atoms with van der Waals surface area (Å²) in [5.41, 5.74) is 0. The van der Waals surface area contributed by atoms with Crippen molar-refractivity contribution in [2.45, 2.75) is 38.5 Å². The summed E-state index contributed by atoms with van der Waals surface area (Å²) in [7, 11) is 0. The molecule has 100 valence electrons. The van der Waals surface area contributed by atoms with E-state index < -0.39 is 5.97 Å². The topological polar surface area (TPSA) is 79.5 Å². The van der Waals surface area contributed by atoms with Gasteiger partial charge in [-0.3, -0.25) is 4.79 Å². The quantitative estimate of drug-likeness (QED) is 0.851. The number of aromatic nitrogens is 2. The maximum atomic E-state index is 10.5. The standard InChI is InChI=1S/C12H19N3O3/c1-2-15-7-5-9(6-8-15)12-13-10(18-14-12)3-4-11(16)17/h9H,2-8H2,1H3,(H,16,17). The van der Waals surface area contributed by atoms with Crippen LogP contribution in [0.15, 0.2) is 4.52 Å². The highest BCUT2D eigenvalue weighted by atomic mass is 16.5. The van der Waals surface area contributed by atoms with Crippen LogP contribution in [-0.2, 0) is 11.2 Å². The SMILES string of the molecule is CCN1CCC(c2noc(CCC(=O)O)n2)CC1. The summed E-state index contributed by atoms with van der Waals surface area (Å²) in [6.07, 6.45) is 2.45. The third-order valence-corrected chi connectivity index (χ3v) is 3.44. The van der Waals surface area contributed by atoms with Crippen LogP contribution < -0.4 is 0 Å². The number of nitrogens with zero attached hydrogens (tertiary/aromatic N) is 3. The van der Waals surface area contributed by atoms with Gasteiger partial charge in [-0.2, -0.15) is 4.98 Å². The average molecular weight is 253 g/mol. The monoisotopic (exact) mass is 253 g/mol. The molecule has 0 atom stereocenters. The molecule has 6 heteroatoms. The Balaban J connectivity index is 1.88. The van der Waals surface area contributed by atoms with E-state index in [-0.39, 0.29) is 6.42 Å². The summed E-state index contributed by atoms with van der Waals surface area (Å²) in [6.45, 7) is 5.39. The molecular weight excluding hydrogens is 234 g/mol. The van der Waals surface area contributed by atoms with E-state index >= 15 is 0 Å². The molecule has 0 saturated carbocycles. The fourth-order valence-electron chi connectivity index (χ4n) is 2.26. The molecule has 0 amide bonds. The van der Waals surface area contributed by atoms with E-state index in [1.807, 2.05) is 0 Å². The summed E-state index contributed by atoms with van der Waals surface area (Å²) >= 11 is 0. The van der Waals surface area contributed by atoms with Gasteiger partial charge in [0.15, 0.2) is 5.82 Å². The van der Waals surface area contributed by atoms with Crippen LogP contribution in [0.2, 0.25) is 0 Å². The summed E-state index contributed by atoms with van der Waals surface area (Å²) in [6, 6.07) is 0. The molecule has 0 aromatic carbocycles. The van der Waals surface area contributed by atoms with Crippen LogP contribution >= 0.6 is 0 Å². The molecule has 1 N–H and O–H groups in total. The zero-order valence-corrected chi connectivity index (χ0v) is 10.6. The molecule has 0 bridgehead atoms. The molecule has 0 aliphatic carbocycles. The molecule has 0 radical (unpaired) electrons. The number of carboxylic acids is 1. The van der Waals surface area contributed by atoms with Crippen molar-refractivity contribution < 1.29 is 14.4 Å². The maximum Gasteiger partial charge on any atom is 0.303 e. The van der Waals surface area contributed by atoms with Crippen molar-refractivity contribution in [2.75, 3.05) is 19.6 Å². The number of piperidine rings is 1. The van der Waals surface area contributed by atoms with Gasteiger partial charge in [0, 0.05) is 12.3 Å². The molecular formula is C12H19N3O3. The van der Waals surface area contributed by atoms with Crippen molar-refractivity contribution in [3.05, 3.63) is 11.7 Å². The second-order valence-corrected chi connectivity index (χ2v) is 4.65. The van der Waals surface area contributed by atoms with E-state index in [0.717, 1.165) is 38.3 Å². The molecule has 1 aliphatic heterocycles. The molecule has 1 aromatic rings. The van der Waals surface area contributed by atoms with Gasteiger partial charge in [0.25, 0.3) is 0 Å². The number of aryl methyl sites for hydroxylation is 1. The van der Waals surface area contributed by atoms with Crippen LogP contribution in [-0.4, -0.2) is 45.8 Å². The van der Waals surface area contributed by atoms with Crippen molar-refractivity contribution >= 4 is 5.97 Å². The fraction of sp³-hybridized carbons (Fsp3) is 0.750. The molecule has 2 heterocycles. The van der Waals surface area contributed by atoms with E-state index in [4.69, 9.17) is 9.63 Å². The molecule has 1 fully saturated rings. The Labute approximate surface area is 106 Å². The summed E-state index contributed by atoms with van der Waals surface area (Å²) in [5, 5.41) is 12.6.